The van der Waals surface area contributed by atoms with E-state index in [-0.39, 0.29) is 19.1 Å². The van der Waals surface area contributed by atoms with Gasteiger partial charge in [0.1, 0.15) is 13.2 Å². The number of amides is 1. The summed E-state index contributed by atoms with van der Waals surface area (Å²) >= 11 is 0. The first-order valence-electron chi connectivity index (χ1n) is 6.24. The van der Waals surface area contributed by atoms with Crippen LogP contribution in [0.15, 0.2) is 30.3 Å². The van der Waals surface area contributed by atoms with E-state index < -0.39 is 5.97 Å². The highest BCUT2D eigenvalue weighted by Gasteiger charge is 2.15. The zero-order valence-electron chi connectivity index (χ0n) is 11.0. The van der Waals surface area contributed by atoms with Crippen molar-refractivity contribution in [1.29, 1.82) is 0 Å². The van der Waals surface area contributed by atoms with Gasteiger partial charge >= 0.3 is 5.97 Å². The molecule has 0 aliphatic heterocycles. The maximum Gasteiger partial charge on any atom is 0.323 e. The van der Waals surface area contributed by atoms with E-state index in [1.54, 1.807) is 0 Å². The molecule has 0 aliphatic rings. The zero-order chi connectivity index (χ0) is 14.1. The summed E-state index contributed by atoms with van der Waals surface area (Å²) in [5.41, 5.74) is 0.982. The van der Waals surface area contributed by atoms with Crippen LogP contribution in [-0.2, 0) is 20.9 Å². The maximum atomic E-state index is 11.8. The number of hydrogen-bond acceptors (Lipinski definition) is 3. The fourth-order valence-corrected chi connectivity index (χ4v) is 1.65. The molecule has 0 saturated heterocycles. The summed E-state index contributed by atoms with van der Waals surface area (Å²) in [6, 6.07) is 9.52. The summed E-state index contributed by atoms with van der Waals surface area (Å²) in [5.74, 6) is -1.30. The highest BCUT2D eigenvalue weighted by Crippen LogP contribution is 2.01. The molecule has 19 heavy (non-hydrogen) atoms. The van der Waals surface area contributed by atoms with E-state index in [4.69, 9.17) is 9.84 Å². The lowest BCUT2D eigenvalue weighted by molar-refractivity contribution is -0.146. The lowest BCUT2D eigenvalue weighted by Crippen LogP contribution is -2.38. The third-order valence-electron chi connectivity index (χ3n) is 2.51. The van der Waals surface area contributed by atoms with Crippen LogP contribution in [0.3, 0.4) is 0 Å². The molecule has 0 bridgehead atoms. The number of aliphatic carboxylic acids is 1. The van der Waals surface area contributed by atoms with Crippen LogP contribution in [0.5, 0.6) is 0 Å². The van der Waals surface area contributed by atoms with Crippen LogP contribution in [0, 0.1) is 0 Å². The van der Waals surface area contributed by atoms with Gasteiger partial charge in [-0.15, -0.1) is 0 Å². The Bertz CT molecular complexity index is 405. The predicted octanol–water partition coefficient (Wildman–Crippen LogP) is 1.53. The third kappa shape index (κ3) is 6.01. The number of carbonyl (C=O) groups excluding carboxylic acids is 1. The van der Waals surface area contributed by atoms with Crippen molar-refractivity contribution in [2.45, 2.75) is 20.0 Å². The highest BCUT2D eigenvalue weighted by atomic mass is 16.5. The van der Waals surface area contributed by atoms with Crippen molar-refractivity contribution in [2.24, 2.45) is 0 Å². The molecular formula is C14H19NO4. The van der Waals surface area contributed by atoms with E-state index in [1.807, 2.05) is 37.3 Å². The average Bonchev–Trinajstić information content (AvgIpc) is 2.39. The normalized spacial score (nSPS) is 10.2. The summed E-state index contributed by atoms with van der Waals surface area (Å²) < 4.78 is 5.31. The molecule has 5 nitrogen and oxygen atoms in total. The monoisotopic (exact) mass is 265 g/mol. The van der Waals surface area contributed by atoms with Crippen molar-refractivity contribution in [2.75, 3.05) is 19.7 Å². The van der Waals surface area contributed by atoms with Crippen molar-refractivity contribution in [1.82, 2.24) is 4.90 Å². The van der Waals surface area contributed by atoms with Gasteiger partial charge < -0.3 is 14.7 Å². The van der Waals surface area contributed by atoms with Crippen LogP contribution < -0.4 is 0 Å². The van der Waals surface area contributed by atoms with E-state index in [0.29, 0.717) is 13.2 Å². The van der Waals surface area contributed by atoms with E-state index in [0.717, 1.165) is 12.0 Å². The second-order valence-corrected chi connectivity index (χ2v) is 4.19. The Hall–Kier alpha value is -1.88. The van der Waals surface area contributed by atoms with Crippen molar-refractivity contribution in [3.63, 3.8) is 0 Å². The molecule has 1 rings (SSSR count). The standard InChI is InChI=1S/C14H19NO4/c1-2-8-15(9-14(17)18)13(16)11-19-10-12-6-4-3-5-7-12/h3-7H,2,8-11H2,1H3,(H,17,18). The lowest BCUT2D eigenvalue weighted by Gasteiger charge is -2.19. The number of ether oxygens (including phenoxy) is 1. The Morgan fingerprint density at radius 3 is 2.53 bits per heavy atom. The lowest BCUT2D eigenvalue weighted by atomic mass is 10.2. The second kappa shape index (κ2) is 8.26. The molecule has 0 saturated carbocycles. The molecule has 0 spiro atoms. The number of carboxylic acids is 1. The van der Waals surface area contributed by atoms with Crippen molar-refractivity contribution < 1.29 is 19.4 Å². The van der Waals surface area contributed by atoms with E-state index >= 15 is 0 Å². The fraction of sp³-hybridized carbons (Fsp3) is 0.429. The molecule has 0 unspecified atom stereocenters. The molecule has 0 atom stereocenters. The van der Waals surface area contributed by atoms with Gasteiger partial charge in [-0.25, -0.2) is 0 Å². The number of nitrogens with zero attached hydrogens (tertiary/aromatic N) is 1. The molecule has 104 valence electrons. The van der Waals surface area contributed by atoms with Gasteiger partial charge in [0.15, 0.2) is 0 Å². The molecular weight excluding hydrogens is 246 g/mol. The van der Waals surface area contributed by atoms with Gasteiger partial charge in [0.25, 0.3) is 0 Å². The molecule has 1 amide bonds. The highest BCUT2D eigenvalue weighted by molar-refractivity contribution is 5.82. The van der Waals surface area contributed by atoms with Gasteiger partial charge in [-0.1, -0.05) is 37.3 Å². The van der Waals surface area contributed by atoms with Crippen LogP contribution in [0.4, 0.5) is 0 Å². The van der Waals surface area contributed by atoms with Crippen LogP contribution in [0.25, 0.3) is 0 Å². The number of hydrogen-bond donors (Lipinski definition) is 1. The van der Waals surface area contributed by atoms with Crippen LogP contribution in [-0.4, -0.2) is 41.6 Å². The Morgan fingerprint density at radius 1 is 1.26 bits per heavy atom. The first kappa shape index (κ1) is 15.2. The molecule has 0 aromatic heterocycles. The van der Waals surface area contributed by atoms with Gasteiger partial charge in [-0.2, -0.15) is 0 Å². The number of rotatable bonds is 8. The van der Waals surface area contributed by atoms with Crippen LogP contribution in [0.2, 0.25) is 0 Å². The smallest absolute Gasteiger partial charge is 0.323 e. The van der Waals surface area contributed by atoms with E-state index in [9.17, 15) is 9.59 Å². The Kier molecular flexibility index (Phi) is 6.60. The number of carboxylic acid groups (broad SMARTS) is 1. The van der Waals surface area contributed by atoms with Crippen LogP contribution >= 0.6 is 0 Å². The van der Waals surface area contributed by atoms with Gasteiger partial charge in [0.2, 0.25) is 5.91 Å². The summed E-state index contributed by atoms with van der Waals surface area (Å²) in [5, 5.41) is 8.73. The topological polar surface area (TPSA) is 66.8 Å². The molecule has 0 fully saturated rings. The van der Waals surface area contributed by atoms with E-state index in [2.05, 4.69) is 0 Å². The minimum atomic E-state index is -1.01. The third-order valence-corrected chi connectivity index (χ3v) is 2.51. The van der Waals surface area contributed by atoms with Crippen molar-refractivity contribution >= 4 is 11.9 Å². The minimum Gasteiger partial charge on any atom is -0.480 e. The Labute approximate surface area is 112 Å². The minimum absolute atomic E-state index is 0.0951. The van der Waals surface area contributed by atoms with Gasteiger partial charge in [-0.3, -0.25) is 9.59 Å². The SMILES string of the molecule is CCCN(CC(=O)O)C(=O)COCc1ccccc1. The number of carbonyl (C=O) groups is 2. The Balaban J connectivity index is 2.37. The van der Waals surface area contributed by atoms with E-state index in [1.165, 1.54) is 4.90 Å². The second-order valence-electron chi connectivity index (χ2n) is 4.19. The molecule has 5 heteroatoms. The van der Waals surface area contributed by atoms with Crippen LogP contribution in [0.1, 0.15) is 18.9 Å². The van der Waals surface area contributed by atoms with Gasteiger partial charge in [0, 0.05) is 6.54 Å². The first-order chi connectivity index (χ1) is 9.13. The quantitative estimate of drug-likeness (QED) is 0.774. The summed E-state index contributed by atoms with van der Waals surface area (Å²) in [4.78, 5) is 23.7. The first-order valence-corrected chi connectivity index (χ1v) is 6.24. The average molecular weight is 265 g/mol. The fourth-order valence-electron chi connectivity index (χ4n) is 1.65. The molecule has 1 aromatic rings. The summed E-state index contributed by atoms with van der Waals surface area (Å²) in [6.45, 7) is 2.30. The summed E-state index contributed by atoms with van der Waals surface area (Å²) in [6.07, 6.45) is 0.720. The Morgan fingerprint density at radius 2 is 1.95 bits per heavy atom. The predicted molar refractivity (Wildman–Crippen MR) is 70.6 cm³/mol. The molecule has 0 radical (unpaired) electrons. The van der Waals surface area contributed by atoms with Crippen molar-refractivity contribution in [3.05, 3.63) is 35.9 Å². The van der Waals surface area contributed by atoms with Gasteiger partial charge in [0.05, 0.1) is 6.61 Å². The molecule has 0 heterocycles. The molecule has 1 N–H and O–H groups in total. The van der Waals surface area contributed by atoms with Crippen molar-refractivity contribution in [3.8, 4) is 0 Å². The molecule has 1 aromatic carbocycles. The zero-order valence-corrected chi connectivity index (χ0v) is 11.0. The maximum absolute atomic E-state index is 11.8. The summed E-state index contributed by atoms with van der Waals surface area (Å²) in [7, 11) is 0. The van der Waals surface area contributed by atoms with Gasteiger partial charge in [-0.05, 0) is 12.0 Å². The number of benzene rings is 1. The molecule has 0 aliphatic carbocycles. The largest absolute Gasteiger partial charge is 0.480 e.